The van der Waals surface area contributed by atoms with Gasteiger partial charge in [-0.1, -0.05) is 0 Å². The first-order chi connectivity index (χ1) is 2.00. The molecule has 48 valence electrons. The molecule has 4 nitrogen and oxygen atoms in total. The Morgan fingerprint density at radius 2 is 1.12 bits per heavy atom. The third-order valence-corrected chi connectivity index (χ3v) is 0. The molecule has 0 saturated carbocycles. The first-order valence-electron chi connectivity index (χ1n) is 0.783. The molecule has 0 amide bonds. The van der Waals surface area contributed by atoms with Crippen molar-refractivity contribution in [3.63, 3.8) is 0 Å². The summed E-state index contributed by atoms with van der Waals surface area (Å²) in [6.07, 6.45) is 0. The molecular weight excluding hydrogens is 172 g/mol. The van der Waals surface area contributed by atoms with Gasteiger partial charge in [0.1, 0.15) is 0 Å². The Morgan fingerprint density at radius 1 is 1.12 bits per heavy atom. The zero-order valence-electron chi connectivity index (χ0n) is 3.98. The van der Waals surface area contributed by atoms with E-state index in [9.17, 15) is 0 Å². The molecule has 0 aromatic carbocycles. The number of rotatable bonds is 0. The van der Waals surface area contributed by atoms with Crippen molar-refractivity contribution in [2.75, 3.05) is 0 Å². The van der Waals surface area contributed by atoms with Crippen molar-refractivity contribution in [1.29, 1.82) is 0 Å². The zero-order chi connectivity index (χ0) is 4.50. The standard InChI is InChI=1S/2FH.K.H3O4P/c;;;1-5(2,3)4/h2*1H;;(H3,1,2,3,4)/q;;+1;/p-1. The summed E-state index contributed by atoms with van der Waals surface area (Å²) in [6.45, 7) is 0. The Balaban J connectivity index is -0.0000000267. The topological polar surface area (TPSA) is 77.8 Å². The van der Waals surface area contributed by atoms with Gasteiger partial charge in [-0.3, -0.25) is 4.70 Å². The molecule has 0 aromatic heterocycles. The molecule has 0 spiro atoms. The van der Waals surface area contributed by atoms with Gasteiger partial charge >= 0.3 is 59.2 Å². The van der Waals surface area contributed by atoms with Crippen LogP contribution in [0, 0.1) is 0 Å². The minimum Gasteiger partial charge on any atom is -1.00 e. The van der Waals surface area contributed by atoms with Crippen molar-refractivity contribution in [2.24, 2.45) is 0 Å². The smallest absolute Gasteiger partial charge is 1.00 e. The van der Waals surface area contributed by atoms with Gasteiger partial charge in [-0.15, -0.1) is 0 Å². The van der Waals surface area contributed by atoms with Crippen LogP contribution in [0.15, 0.2) is 0 Å². The monoisotopic (exact) mass is 176 g/mol. The second-order valence-electron chi connectivity index (χ2n) is 0.513. The Kier molecular flexibility index (Phi) is 24.4. The van der Waals surface area contributed by atoms with Crippen molar-refractivity contribution < 1.29 is 80.0 Å². The van der Waals surface area contributed by atoms with Crippen LogP contribution in [0.4, 0.5) is 4.70 Å². The van der Waals surface area contributed by atoms with Gasteiger partial charge in [-0.2, -0.15) is 0 Å². The Morgan fingerprint density at radius 3 is 1.12 bits per heavy atom. The largest absolute Gasteiger partial charge is 1.00 e. The van der Waals surface area contributed by atoms with Gasteiger partial charge < -0.3 is 19.4 Å². The van der Waals surface area contributed by atoms with Crippen molar-refractivity contribution in [1.82, 2.24) is 0 Å². The third-order valence-electron chi connectivity index (χ3n) is 0. The van der Waals surface area contributed by atoms with E-state index in [1.54, 1.807) is 0 Å². The molecule has 8 heavy (non-hydrogen) atoms. The van der Waals surface area contributed by atoms with Gasteiger partial charge in [0.15, 0.2) is 0 Å². The minimum absolute atomic E-state index is 0. The van der Waals surface area contributed by atoms with Crippen LogP contribution in [-0.4, -0.2) is 14.7 Å². The van der Waals surface area contributed by atoms with Crippen molar-refractivity contribution in [2.45, 2.75) is 0 Å². The molecule has 0 aliphatic heterocycles. The van der Waals surface area contributed by atoms with Crippen LogP contribution in [0.3, 0.4) is 0 Å². The summed E-state index contributed by atoms with van der Waals surface area (Å²) in [7, 11) is -4.64. The molecule has 0 saturated heterocycles. The van der Waals surface area contributed by atoms with Crippen LogP contribution >= 0.6 is 7.82 Å². The summed E-state index contributed by atoms with van der Waals surface area (Å²) in [5, 5.41) is 0. The van der Waals surface area contributed by atoms with Gasteiger partial charge in [0.25, 0.3) is 0 Å². The molecule has 0 atom stereocenters. The van der Waals surface area contributed by atoms with Crippen molar-refractivity contribution in [3.8, 4) is 0 Å². The summed E-state index contributed by atoms with van der Waals surface area (Å²) >= 11 is 0. The van der Waals surface area contributed by atoms with Crippen molar-refractivity contribution in [3.05, 3.63) is 0 Å². The average molecular weight is 176 g/mol. The second-order valence-corrected chi connectivity index (χ2v) is 1.54. The van der Waals surface area contributed by atoms with Crippen LogP contribution in [0.25, 0.3) is 0 Å². The SMILES string of the molecule is F.O=P(O)(O)O.[F-].[K+]. The predicted octanol–water partition coefficient (Wildman–Crippen LogP) is -6.77. The van der Waals surface area contributed by atoms with Gasteiger partial charge in [0.05, 0.1) is 0 Å². The summed E-state index contributed by atoms with van der Waals surface area (Å²) < 4.78 is 8.88. The maximum Gasteiger partial charge on any atom is 1.00 e. The Bertz CT molecular complexity index is 60.2. The Labute approximate surface area is 86.7 Å². The maximum atomic E-state index is 8.88. The fourth-order valence-electron chi connectivity index (χ4n) is 0. The van der Waals surface area contributed by atoms with E-state index in [2.05, 4.69) is 0 Å². The Hall–Kier alpha value is 1.61. The molecule has 3 N–H and O–H groups in total. The molecular formula is H4F2KO4P. The average Bonchev–Trinajstić information content (AvgIpc) is 0.722. The summed E-state index contributed by atoms with van der Waals surface area (Å²) in [5.41, 5.74) is 0. The van der Waals surface area contributed by atoms with Crippen LogP contribution in [0.1, 0.15) is 0 Å². The number of halogens is 2. The predicted molar refractivity (Wildman–Crippen MR) is 16.8 cm³/mol. The third kappa shape index (κ3) is 129. The van der Waals surface area contributed by atoms with Crippen LogP contribution in [-0.2, 0) is 4.57 Å². The van der Waals surface area contributed by atoms with E-state index in [4.69, 9.17) is 19.2 Å². The fourth-order valence-corrected chi connectivity index (χ4v) is 0. The van der Waals surface area contributed by atoms with Gasteiger partial charge in [-0.25, -0.2) is 4.57 Å². The molecule has 0 rings (SSSR count). The number of phosphoric acid groups is 1. The molecule has 0 heterocycles. The minimum atomic E-state index is -4.64. The van der Waals surface area contributed by atoms with Crippen LogP contribution < -0.4 is 56.1 Å². The molecule has 0 unspecified atom stereocenters. The van der Waals surface area contributed by atoms with E-state index in [1.165, 1.54) is 0 Å². The number of hydrogen-bond acceptors (Lipinski definition) is 1. The quantitative estimate of drug-likeness (QED) is 0.253. The van der Waals surface area contributed by atoms with Gasteiger partial charge in [0, 0.05) is 0 Å². The molecule has 0 bridgehead atoms. The molecule has 8 heteroatoms. The molecule has 0 radical (unpaired) electrons. The van der Waals surface area contributed by atoms with Gasteiger partial charge in [0.2, 0.25) is 0 Å². The van der Waals surface area contributed by atoms with Crippen LogP contribution in [0.5, 0.6) is 0 Å². The molecule has 0 aliphatic rings. The normalized spacial score (nSPS) is 7.38. The van der Waals surface area contributed by atoms with E-state index >= 15 is 0 Å². The summed E-state index contributed by atoms with van der Waals surface area (Å²) in [5.74, 6) is 0. The summed E-state index contributed by atoms with van der Waals surface area (Å²) in [4.78, 5) is 21.6. The first-order valence-corrected chi connectivity index (χ1v) is 2.35. The summed E-state index contributed by atoms with van der Waals surface area (Å²) in [6, 6.07) is 0. The van der Waals surface area contributed by atoms with E-state index in [-0.39, 0.29) is 60.8 Å². The molecule has 0 aromatic rings. The number of hydrogen-bond donors (Lipinski definition) is 3. The van der Waals surface area contributed by atoms with Gasteiger partial charge in [-0.05, 0) is 0 Å². The first kappa shape index (κ1) is 22.6. The van der Waals surface area contributed by atoms with Crippen molar-refractivity contribution >= 4 is 7.82 Å². The van der Waals surface area contributed by atoms with E-state index in [1.807, 2.05) is 0 Å². The van der Waals surface area contributed by atoms with E-state index in [0.29, 0.717) is 0 Å². The fraction of sp³-hybridized carbons (Fsp3) is 0. The van der Waals surface area contributed by atoms with E-state index < -0.39 is 7.82 Å². The maximum absolute atomic E-state index is 8.88. The van der Waals surface area contributed by atoms with E-state index in [0.717, 1.165) is 0 Å². The van der Waals surface area contributed by atoms with Crippen LogP contribution in [0.2, 0.25) is 0 Å². The second kappa shape index (κ2) is 8.61. The molecule has 0 aliphatic carbocycles. The molecule has 0 fully saturated rings. The zero-order valence-corrected chi connectivity index (χ0v) is 8.00.